The smallest absolute Gasteiger partial charge is 0.652 e. The molecule has 0 aliphatic heterocycles. The van der Waals surface area contributed by atoms with Gasteiger partial charge in [-0.2, -0.15) is 5.10 Å². The second-order valence-electron chi connectivity index (χ2n) is 5.81. The van der Waals surface area contributed by atoms with Gasteiger partial charge in [-0.15, -0.1) is 0 Å². The Morgan fingerprint density at radius 1 is 1.12 bits per heavy atom. The van der Waals surface area contributed by atoms with E-state index in [0.29, 0.717) is 11.3 Å². The Labute approximate surface area is 210 Å². The fourth-order valence-electron chi connectivity index (χ4n) is 2.51. The Morgan fingerprint density at radius 2 is 1.69 bits per heavy atom. The van der Waals surface area contributed by atoms with E-state index in [1.807, 2.05) is 0 Å². The van der Waals surface area contributed by atoms with Crippen LogP contribution in [-0.4, -0.2) is 69.2 Å². The number of carboxylic acid groups (broad SMARTS) is 2. The van der Waals surface area contributed by atoms with E-state index in [1.54, 1.807) is 0 Å². The summed E-state index contributed by atoms with van der Waals surface area (Å²) in [5, 5.41) is 25.6. The van der Waals surface area contributed by atoms with Crippen LogP contribution in [0.1, 0.15) is 12.1 Å². The molecule has 32 heavy (non-hydrogen) atoms. The summed E-state index contributed by atoms with van der Waals surface area (Å²) in [6, 6.07) is 10.3. The average molecular weight is 497 g/mol. The van der Waals surface area contributed by atoms with Crippen LogP contribution in [0.4, 0.5) is 18.0 Å². The molecule has 1 heterocycles. The summed E-state index contributed by atoms with van der Waals surface area (Å²) < 4.78 is 69.1. The predicted octanol–water partition coefficient (Wildman–Crippen LogP) is 0.444. The molecule has 9 nitrogen and oxygen atoms in total. The largest absolute Gasteiger partial charge is 2.00 e. The van der Waals surface area contributed by atoms with Crippen molar-refractivity contribution in [2.24, 2.45) is 5.14 Å². The first-order valence-corrected chi connectivity index (χ1v) is 9.72. The molecule has 0 saturated carbocycles. The van der Waals surface area contributed by atoms with Gasteiger partial charge in [-0.1, -0.05) is 0 Å². The van der Waals surface area contributed by atoms with Crippen molar-refractivity contribution in [1.82, 2.24) is 9.78 Å². The molecule has 2 N–H and O–H groups in total. The number of ether oxygens (including phenoxy) is 1. The zero-order valence-electron chi connectivity index (χ0n) is 16.4. The van der Waals surface area contributed by atoms with Crippen molar-refractivity contribution >= 4 is 53.9 Å². The Morgan fingerprint density at radius 3 is 2.12 bits per heavy atom. The number of nitrogens with two attached hydrogens (primary N) is 1. The van der Waals surface area contributed by atoms with E-state index >= 15 is 0 Å². The van der Waals surface area contributed by atoms with E-state index in [4.69, 9.17) is 24.9 Å². The fourth-order valence-corrected chi connectivity index (χ4v) is 3.03. The second-order valence-corrected chi connectivity index (χ2v) is 7.37. The van der Waals surface area contributed by atoms with Crippen LogP contribution in [0.2, 0.25) is 0 Å². The number of alkyl halides is 2. The van der Waals surface area contributed by atoms with E-state index in [2.05, 4.69) is 5.10 Å². The van der Waals surface area contributed by atoms with Gasteiger partial charge in [-0.05, 0) is 54.7 Å². The molecule has 0 aliphatic rings. The number of carbonyl (C=O) groups excluding carboxylic acids is 1. The zero-order chi connectivity index (χ0) is 23.3. The third-order valence-corrected chi connectivity index (χ3v) is 4.74. The summed E-state index contributed by atoms with van der Waals surface area (Å²) in [6.07, 6.45) is -5.17. The van der Waals surface area contributed by atoms with Crippen molar-refractivity contribution in [3.8, 4) is 22.7 Å². The van der Waals surface area contributed by atoms with Crippen LogP contribution in [0.5, 0.6) is 5.75 Å². The third kappa shape index (κ3) is 7.10. The molecule has 0 atom stereocenters. The molecular formula is C18H14CaF3N3O6S. The van der Waals surface area contributed by atoms with Crippen molar-refractivity contribution < 1.29 is 41.3 Å². The number of methoxy groups -OCH3 is 1. The maximum absolute atomic E-state index is 14.0. The van der Waals surface area contributed by atoms with Crippen LogP contribution in [0.3, 0.4) is 0 Å². The number of aromatic nitrogens is 2. The molecule has 0 amide bonds. The van der Waals surface area contributed by atoms with Gasteiger partial charge in [0.2, 0.25) is 10.0 Å². The SMILES string of the molecule is COc1ccc(-c2cc(C(F)F)nn2-c2ccc(S(N)(=O)=O)cc2)cc1F.O=C([O-])[O-].[Ca+2]. The van der Waals surface area contributed by atoms with Gasteiger partial charge in [0, 0.05) is 5.56 Å². The number of sulfonamides is 1. The number of hydrogen-bond acceptors (Lipinski definition) is 7. The van der Waals surface area contributed by atoms with Crippen molar-refractivity contribution in [3.05, 3.63) is 60.0 Å². The Bertz CT molecular complexity index is 1180. The van der Waals surface area contributed by atoms with E-state index in [9.17, 15) is 21.6 Å². The molecule has 0 saturated heterocycles. The Balaban J connectivity index is 0.000000945. The average Bonchev–Trinajstić information content (AvgIpc) is 3.12. The minimum absolute atomic E-state index is 0. The molecule has 1 aromatic heterocycles. The summed E-state index contributed by atoms with van der Waals surface area (Å²) in [7, 11) is -2.59. The summed E-state index contributed by atoms with van der Waals surface area (Å²) in [4.78, 5) is 8.20. The molecule has 0 fully saturated rings. The van der Waals surface area contributed by atoms with Gasteiger partial charge in [-0.25, -0.2) is 31.4 Å². The van der Waals surface area contributed by atoms with Crippen LogP contribution in [0.25, 0.3) is 16.9 Å². The molecule has 0 aliphatic carbocycles. The Kier molecular flexibility index (Phi) is 9.97. The summed E-state index contributed by atoms with van der Waals surface area (Å²) in [5.41, 5.74) is 0.302. The molecule has 166 valence electrons. The molecule has 0 unspecified atom stereocenters. The molecular weight excluding hydrogens is 483 g/mol. The van der Waals surface area contributed by atoms with E-state index < -0.39 is 34.1 Å². The molecule has 0 spiro atoms. The topological polar surface area (TPSA) is 150 Å². The zero-order valence-corrected chi connectivity index (χ0v) is 19.4. The summed E-state index contributed by atoms with van der Waals surface area (Å²) >= 11 is 0. The van der Waals surface area contributed by atoms with Crippen LogP contribution < -0.4 is 20.1 Å². The predicted molar refractivity (Wildman–Crippen MR) is 103 cm³/mol. The first-order valence-electron chi connectivity index (χ1n) is 8.17. The van der Waals surface area contributed by atoms with Gasteiger partial charge < -0.3 is 19.7 Å². The number of primary sulfonamides is 1. The van der Waals surface area contributed by atoms with Gasteiger partial charge in [0.15, 0.2) is 11.6 Å². The molecule has 14 heteroatoms. The number of carbonyl (C=O) groups is 1. The van der Waals surface area contributed by atoms with Gasteiger partial charge in [-0.3, -0.25) is 0 Å². The van der Waals surface area contributed by atoms with Gasteiger partial charge >= 0.3 is 37.7 Å². The normalized spacial score (nSPS) is 10.7. The van der Waals surface area contributed by atoms with Crippen molar-refractivity contribution in [1.29, 1.82) is 0 Å². The maximum atomic E-state index is 14.0. The summed E-state index contributed by atoms with van der Waals surface area (Å²) in [6.45, 7) is 0. The minimum atomic E-state index is -3.90. The third-order valence-electron chi connectivity index (χ3n) is 3.81. The molecule has 0 radical (unpaired) electrons. The standard InChI is InChI=1S/C17H14F3N3O3S.CH2O3.Ca/c1-26-16-7-2-10(8-13(16)18)15-9-14(17(19)20)22-23(15)11-3-5-12(6-4-11)27(21,24)25;2-1(3)4;/h2-9,17H,1H3,(H2,21,24,25);(H2,2,3,4);/q;;+2/p-2. The molecule has 0 bridgehead atoms. The maximum Gasteiger partial charge on any atom is 2.00 e. The number of halogens is 3. The van der Waals surface area contributed by atoms with E-state index in [0.717, 1.165) is 12.1 Å². The van der Waals surface area contributed by atoms with Crippen LogP contribution >= 0.6 is 0 Å². The fraction of sp³-hybridized carbons (Fsp3) is 0.111. The van der Waals surface area contributed by atoms with Gasteiger partial charge in [0.1, 0.15) is 5.69 Å². The van der Waals surface area contributed by atoms with E-state index in [-0.39, 0.29) is 54.1 Å². The van der Waals surface area contributed by atoms with Crippen LogP contribution in [0, 0.1) is 5.82 Å². The molecule has 3 aromatic rings. The van der Waals surface area contributed by atoms with Gasteiger partial charge in [0.25, 0.3) is 6.43 Å². The number of rotatable bonds is 5. The quantitative estimate of drug-likeness (QED) is 0.503. The first-order chi connectivity index (χ1) is 14.4. The molecule has 2 aromatic carbocycles. The van der Waals surface area contributed by atoms with Gasteiger partial charge in [0.05, 0.1) is 23.4 Å². The Hall–Kier alpha value is -2.32. The van der Waals surface area contributed by atoms with E-state index in [1.165, 1.54) is 48.2 Å². The number of hydrogen-bond donors (Lipinski definition) is 1. The van der Waals surface area contributed by atoms with Crippen molar-refractivity contribution in [3.63, 3.8) is 0 Å². The number of nitrogens with zero attached hydrogens (tertiary/aromatic N) is 2. The number of benzene rings is 2. The van der Waals surface area contributed by atoms with Crippen LogP contribution in [0.15, 0.2) is 53.4 Å². The second kappa shape index (κ2) is 11.5. The van der Waals surface area contributed by atoms with Crippen molar-refractivity contribution in [2.45, 2.75) is 11.3 Å². The first kappa shape index (κ1) is 27.7. The summed E-state index contributed by atoms with van der Waals surface area (Å²) in [5.74, 6) is -0.651. The monoisotopic (exact) mass is 497 g/mol. The van der Waals surface area contributed by atoms with Crippen LogP contribution in [-0.2, 0) is 10.0 Å². The minimum Gasteiger partial charge on any atom is -0.652 e. The molecule has 3 rings (SSSR count). The van der Waals surface area contributed by atoms with Crippen molar-refractivity contribution in [2.75, 3.05) is 7.11 Å².